The van der Waals surface area contributed by atoms with Crippen LogP contribution in [0.4, 0.5) is 0 Å². The molecule has 1 aromatic heterocycles. The summed E-state index contributed by atoms with van der Waals surface area (Å²) in [6.07, 6.45) is 1.84. The molecular formula is C10H12O2S. The van der Waals surface area contributed by atoms with Crippen LogP contribution in [0.1, 0.15) is 23.1 Å². The van der Waals surface area contributed by atoms with E-state index in [4.69, 9.17) is 5.11 Å². The van der Waals surface area contributed by atoms with Gasteiger partial charge in [0.1, 0.15) is 0 Å². The van der Waals surface area contributed by atoms with Gasteiger partial charge in [-0.3, -0.25) is 4.79 Å². The van der Waals surface area contributed by atoms with Crippen molar-refractivity contribution in [3.63, 3.8) is 0 Å². The minimum Gasteiger partial charge on any atom is -0.481 e. The summed E-state index contributed by atoms with van der Waals surface area (Å²) in [5, 5.41) is 8.47. The summed E-state index contributed by atoms with van der Waals surface area (Å²) in [5.41, 5.74) is 1.04. The van der Waals surface area contributed by atoms with E-state index in [1.165, 1.54) is 4.88 Å². The van der Waals surface area contributed by atoms with E-state index in [2.05, 4.69) is 0 Å². The molecule has 70 valence electrons. The van der Waals surface area contributed by atoms with Crippen LogP contribution in [0.25, 0.3) is 5.57 Å². The Labute approximate surface area is 81.5 Å². The number of aryl methyl sites for hydroxylation is 1. The van der Waals surface area contributed by atoms with E-state index < -0.39 is 5.97 Å². The van der Waals surface area contributed by atoms with E-state index in [1.54, 1.807) is 17.4 Å². The maximum absolute atomic E-state index is 10.3. The van der Waals surface area contributed by atoms with Crippen LogP contribution < -0.4 is 0 Å². The van der Waals surface area contributed by atoms with Crippen LogP contribution >= 0.6 is 11.3 Å². The van der Waals surface area contributed by atoms with Gasteiger partial charge in [0.05, 0.1) is 6.42 Å². The quantitative estimate of drug-likeness (QED) is 0.807. The molecule has 1 heterocycles. The van der Waals surface area contributed by atoms with Crippen molar-refractivity contribution in [2.75, 3.05) is 0 Å². The molecule has 1 N–H and O–H groups in total. The highest BCUT2D eigenvalue weighted by molar-refractivity contribution is 7.13. The van der Waals surface area contributed by atoms with E-state index in [1.807, 2.05) is 26.0 Å². The molecule has 13 heavy (non-hydrogen) atoms. The number of hydrogen-bond donors (Lipinski definition) is 1. The molecule has 0 fully saturated rings. The van der Waals surface area contributed by atoms with E-state index in [0.717, 1.165) is 10.5 Å². The van der Waals surface area contributed by atoms with E-state index in [-0.39, 0.29) is 6.42 Å². The molecule has 1 aromatic rings. The molecule has 0 amide bonds. The van der Waals surface area contributed by atoms with Gasteiger partial charge >= 0.3 is 5.97 Å². The third-order valence-corrected chi connectivity index (χ3v) is 2.85. The van der Waals surface area contributed by atoms with Crippen LogP contribution in [0.2, 0.25) is 0 Å². The molecule has 0 aliphatic rings. The molecule has 0 unspecified atom stereocenters. The zero-order chi connectivity index (χ0) is 9.84. The lowest BCUT2D eigenvalue weighted by Crippen LogP contribution is -1.90. The number of allylic oxidation sites excluding steroid dienone is 1. The Bertz CT molecular complexity index is 336. The average molecular weight is 196 g/mol. The number of carbonyl (C=O) groups is 1. The summed E-state index contributed by atoms with van der Waals surface area (Å²) in [4.78, 5) is 12.7. The summed E-state index contributed by atoms with van der Waals surface area (Å²) in [7, 11) is 0. The predicted octanol–water partition coefficient (Wildman–Crippen LogP) is 2.93. The van der Waals surface area contributed by atoms with Crippen LogP contribution in [0.3, 0.4) is 0 Å². The van der Waals surface area contributed by atoms with E-state index in [0.29, 0.717) is 0 Å². The van der Waals surface area contributed by atoms with Gasteiger partial charge in [-0.05, 0) is 31.6 Å². The molecular weight excluding hydrogens is 184 g/mol. The summed E-state index contributed by atoms with van der Waals surface area (Å²) in [5.74, 6) is -0.785. The first-order chi connectivity index (χ1) is 6.09. The topological polar surface area (TPSA) is 37.3 Å². The number of hydrogen-bond acceptors (Lipinski definition) is 2. The molecule has 0 saturated heterocycles. The normalized spacial score (nSPS) is 11.7. The Morgan fingerprint density at radius 2 is 2.31 bits per heavy atom. The lowest BCUT2D eigenvalue weighted by Gasteiger charge is -1.94. The van der Waals surface area contributed by atoms with Crippen molar-refractivity contribution in [3.05, 3.63) is 28.0 Å². The molecule has 1 rings (SSSR count). The second-order valence-electron chi connectivity index (χ2n) is 2.90. The van der Waals surface area contributed by atoms with Crippen LogP contribution in [-0.4, -0.2) is 11.1 Å². The minimum absolute atomic E-state index is 0.1000. The van der Waals surface area contributed by atoms with Crippen molar-refractivity contribution in [2.45, 2.75) is 20.3 Å². The average Bonchev–Trinajstić information content (AvgIpc) is 2.47. The van der Waals surface area contributed by atoms with E-state index in [9.17, 15) is 4.79 Å². The van der Waals surface area contributed by atoms with Crippen molar-refractivity contribution in [1.29, 1.82) is 0 Å². The zero-order valence-corrected chi connectivity index (χ0v) is 8.52. The van der Waals surface area contributed by atoms with Crippen LogP contribution in [0.5, 0.6) is 0 Å². The summed E-state index contributed by atoms with van der Waals surface area (Å²) >= 11 is 1.69. The number of thiophene rings is 1. The van der Waals surface area contributed by atoms with Gasteiger partial charge in [-0.15, -0.1) is 11.3 Å². The highest BCUT2D eigenvalue weighted by Gasteiger charge is 1.99. The summed E-state index contributed by atoms with van der Waals surface area (Å²) in [6.45, 7) is 3.98. The monoisotopic (exact) mass is 196 g/mol. The second kappa shape index (κ2) is 4.23. The Morgan fingerprint density at radius 1 is 1.62 bits per heavy atom. The van der Waals surface area contributed by atoms with Crippen LogP contribution in [0, 0.1) is 6.92 Å². The fourth-order valence-electron chi connectivity index (χ4n) is 0.987. The lowest BCUT2D eigenvalue weighted by atomic mass is 10.2. The Kier molecular flexibility index (Phi) is 3.25. The molecule has 0 radical (unpaired) electrons. The summed E-state index contributed by atoms with van der Waals surface area (Å²) in [6, 6.07) is 4.06. The molecule has 0 atom stereocenters. The van der Waals surface area contributed by atoms with Gasteiger partial charge in [0.2, 0.25) is 0 Å². The number of carboxylic acids is 1. The van der Waals surface area contributed by atoms with Gasteiger partial charge in [0, 0.05) is 9.75 Å². The smallest absolute Gasteiger partial charge is 0.307 e. The van der Waals surface area contributed by atoms with Gasteiger partial charge in [-0.1, -0.05) is 6.08 Å². The molecule has 2 nitrogen and oxygen atoms in total. The van der Waals surface area contributed by atoms with Crippen molar-refractivity contribution in [3.8, 4) is 0 Å². The predicted molar refractivity (Wildman–Crippen MR) is 55.0 cm³/mol. The maximum Gasteiger partial charge on any atom is 0.307 e. The molecule has 0 bridgehead atoms. The first-order valence-electron chi connectivity index (χ1n) is 4.05. The third-order valence-electron chi connectivity index (χ3n) is 1.71. The lowest BCUT2D eigenvalue weighted by molar-refractivity contribution is -0.135. The highest BCUT2D eigenvalue weighted by Crippen LogP contribution is 2.23. The fraction of sp³-hybridized carbons (Fsp3) is 0.300. The zero-order valence-electron chi connectivity index (χ0n) is 7.70. The Balaban J connectivity index is 2.72. The van der Waals surface area contributed by atoms with Gasteiger partial charge < -0.3 is 5.11 Å². The molecule has 0 saturated carbocycles. The largest absolute Gasteiger partial charge is 0.481 e. The maximum atomic E-state index is 10.3. The number of aliphatic carboxylic acids is 1. The number of carboxylic acid groups (broad SMARTS) is 1. The van der Waals surface area contributed by atoms with Crippen molar-refractivity contribution in [2.24, 2.45) is 0 Å². The van der Waals surface area contributed by atoms with Gasteiger partial charge in [0.15, 0.2) is 0 Å². The van der Waals surface area contributed by atoms with Crippen LogP contribution in [-0.2, 0) is 4.79 Å². The minimum atomic E-state index is -0.785. The number of rotatable bonds is 3. The molecule has 0 aliphatic heterocycles. The van der Waals surface area contributed by atoms with Gasteiger partial charge in [-0.25, -0.2) is 0 Å². The van der Waals surface area contributed by atoms with Crippen molar-refractivity contribution >= 4 is 22.9 Å². The SMILES string of the molecule is C/C(=C/CC(=O)O)c1ccc(C)s1. The molecule has 0 aromatic carbocycles. The molecule has 0 spiro atoms. The van der Waals surface area contributed by atoms with Crippen LogP contribution in [0.15, 0.2) is 18.2 Å². The van der Waals surface area contributed by atoms with E-state index >= 15 is 0 Å². The van der Waals surface area contributed by atoms with Crippen molar-refractivity contribution in [1.82, 2.24) is 0 Å². The summed E-state index contributed by atoms with van der Waals surface area (Å²) < 4.78 is 0. The third kappa shape index (κ3) is 3.03. The van der Waals surface area contributed by atoms with Crippen molar-refractivity contribution < 1.29 is 9.90 Å². The van der Waals surface area contributed by atoms with Gasteiger partial charge in [0.25, 0.3) is 0 Å². The second-order valence-corrected chi connectivity index (χ2v) is 4.18. The molecule has 0 aliphatic carbocycles. The fourth-order valence-corrected chi connectivity index (χ4v) is 1.85. The Morgan fingerprint density at radius 3 is 2.77 bits per heavy atom. The standard InChI is InChI=1S/C10H12O2S/c1-7(3-6-10(11)12)9-5-4-8(2)13-9/h3-5H,6H2,1-2H3,(H,11,12)/b7-3-. The first-order valence-corrected chi connectivity index (χ1v) is 4.86. The Hall–Kier alpha value is -1.09. The highest BCUT2D eigenvalue weighted by atomic mass is 32.1. The molecule has 3 heteroatoms. The van der Waals surface area contributed by atoms with Gasteiger partial charge in [-0.2, -0.15) is 0 Å². The first kappa shape index (κ1) is 9.99.